The largest absolute Gasteiger partial charge is 0.351 e. The number of rotatable bonds is 6. The fraction of sp³-hybridized carbons (Fsp3) is 0.714. The third kappa shape index (κ3) is 4.17. The smallest absolute Gasteiger partial charge is 0.271 e. The van der Waals surface area contributed by atoms with E-state index >= 15 is 0 Å². The van der Waals surface area contributed by atoms with E-state index in [1.807, 2.05) is 0 Å². The summed E-state index contributed by atoms with van der Waals surface area (Å²) in [6.45, 7) is 0.762. The Morgan fingerprint density at radius 2 is 2.17 bits per heavy atom. The molecule has 18 heavy (non-hydrogen) atoms. The van der Waals surface area contributed by atoms with Crippen LogP contribution in [0.25, 0.3) is 0 Å². The molecule has 1 saturated carbocycles. The second kappa shape index (κ2) is 7.19. The van der Waals surface area contributed by atoms with Gasteiger partial charge in [0.15, 0.2) is 0 Å². The summed E-state index contributed by atoms with van der Waals surface area (Å²) in [6.07, 6.45) is 13.9. The molecule has 0 aromatic carbocycles. The van der Waals surface area contributed by atoms with Crippen molar-refractivity contribution in [3.05, 3.63) is 18.2 Å². The van der Waals surface area contributed by atoms with E-state index in [1.165, 1.54) is 51.3 Å². The molecule has 0 atom stereocenters. The van der Waals surface area contributed by atoms with Crippen molar-refractivity contribution in [2.75, 3.05) is 6.54 Å². The van der Waals surface area contributed by atoms with E-state index in [0.717, 1.165) is 18.9 Å². The predicted octanol–water partition coefficient (Wildman–Crippen LogP) is 2.89. The van der Waals surface area contributed by atoms with Gasteiger partial charge in [-0.05, 0) is 12.3 Å². The van der Waals surface area contributed by atoms with Gasteiger partial charge in [0, 0.05) is 12.7 Å². The average Bonchev–Trinajstić information content (AvgIpc) is 2.93. The summed E-state index contributed by atoms with van der Waals surface area (Å²) in [5, 5.41) is 2.90. The van der Waals surface area contributed by atoms with Gasteiger partial charge in [-0.25, -0.2) is 4.98 Å². The number of aromatic nitrogens is 2. The number of hydrogen-bond acceptors (Lipinski definition) is 2. The van der Waals surface area contributed by atoms with Crippen LogP contribution in [0, 0.1) is 5.92 Å². The van der Waals surface area contributed by atoms with Crippen molar-refractivity contribution >= 4 is 5.91 Å². The molecule has 1 amide bonds. The maximum Gasteiger partial charge on any atom is 0.271 e. The highest BCUT2D eigenvalue weighted by atomic mass is 16.1. The Bertz CT molecular complexity index is 342. The van der Waals surface area contributed by atoms with Gasteiger partial charge in [0.2, 0.25) is 0 Å². The molecule has 1 heterocycles. The van der Waals surface area contributed by atoms with Gasteiger partial charge in [0.1, 0.15) is 5.69 Å². The number of aromatic amines is 1. The molecule has 100 valence electrons. The zero-order chi connectivity index (χ0) is 12.6. The quantitative estimate of drug-likeness (QED) is 0.762. The van der Waals surface area contributed by atoms with Crippen molar-refractivity contribution in [1.82, 2.24) is 15.3 Å². The summed E-state index contributed by atoms with van der Waals surface area (Å²) in [6, 6.07) is 0. The number of nitrogens with one attached hydrogen (secondary N) is 2. The molecule has 4 nitrogen and oxygen atoms in total. The molecule has 0 saturated heterocycles. The van der Waals surface area contributed by atoms with Crippen LogP contribution < -0.4 is 5.32 Å². The third-order valence-corrected chi connectivity index (χ3v) is 3.78. The van der Waals surface area contributed by atoms with Crippen molar-refractivity contribution in [1.29, 1.82) is 0 Å². The van der Waals surface area contributed by atoms with E-state index in [1.54, 1.807) is 6.20 Å². The van der Waals surface area contributed by atoms with Gasteiger partial charge in [-0.3, -0.25) is 4.79 Å². The lowest BCUT2D eigenvalue weighted by Gasteiger charge is -2.21. The van der Waals surface area contributed by atoms with Crippen molar-refractivity contribution in [3.63, 3.8) is 0 Å². The predicted molar refractivity (Wildman–Crippen MR) is 71.3 cm³/mol. The van der Waals surface area contributed by atoms with Crippen LogP contribution in [0.15, 0.2) is 12.5 Å². The first-order valence-corrected chi connectivity index (χ1v) is 7.13. The highest BCUT2D eigenvalue weighted by Gasteiger charge is 2.12. The SMILES string of the molecule is O=C(NCCCCC1CCCCC1)c1c[nH]cn1. The van der Waals surface area contributed by atoms with Crippen LogP contribution in [0.5, 0.6) is 0 Å². The minimum absolute atomic E-state index is 0.0751. The van der Waals surface area contributed by atoms with Gasteiger partial charge in [-0.2, -0.15) is 0 Å². The Kier molecular flexibility index (Phi) is 5.24. The van der Waals surface area contributed by atoms with Crippen molar-refractivity contribution < 1.29 is 4.79 Å². The molecule has 1 aliphatic rings. The van der Waals surface area contributed by atoms with Crippen molar-refractivity contribution in [3.8, 4) is 0 Å². The molecule has 2 rings (SSSR count). The number of unbranched alkanes of at least 4 members (excludes halogenated alkanes) is 1. The Balaban J connectivity index is 1.52. The highest BCUT2D eigenvalue weighted by molar-refractivity contribution is 5.91. The summed E-state index contributed by atoms with van der Waals surface area (Å²) < 4.78 is 0. The Labute approximate surface area is 109 Å². The van der Waals surface area contributed by atoms with Gasteiger partial charge < -0.3 is 10.3 Å². The summed E-state index contributed by atoms with van der Waals surface area (Å²) in [4.78, 5) is 18.3. The summed E-state index contributed by atoms with van der Waals surface area (Å²) in [5.74, 6) is 0.870. The van der Waals surface area contributed by atoms with Crippen LogP contribution in [0.3, 0.4) is 0 Å². The topological polar surface area (TPSA) is 57.8 Å². The molecule has 1 aromatic rings. The molecular formula is C14H23N3O. The summed E-state index contributed by atoms with van der Waals surface area (Å²) >= 11 is 0. The molecule has 1 fully saturated rings. The lowest BCUT2D eigenvalue weighted by molar-refractivity contribution is 0.0948. The normalized spacial score (nSPS) is 16.7. The van der Waals surface area contributed by atoms with Gasteiger partial charge in [-0.15, -0.1) is 0 Å². The molecule has 0 radical (unpaired) electrons. The lowest BCUT2D eigenvalue weighted by atomic mass is 9.86. The van der Waals surface area contributed by atoms with Crippen LogP contribution in [-0.2, 0) is 0 Å². The zero-order valence-electron chi connectivity index (χ0n) is 11.0. The monoisotopic (exact) mass is 249 g/mol. The zero-order valence-corrected chi connectivity index (χ0v) is 11.0. The van der Waals surface area contributed by atoms with Crippen molar-refractivity contribution in [2.24, 2.45) is 5.92 Å². The Morgan fingerprint density at radius 3 is 2.89 bits per heavy atom. The molecular weight excluding hydrogens is 226 g/mol. The lowest BCUT2D eigenvalue weighted by Crippen LogP contribution is -2.24. The molecule has 0 unspecified atom stereocenters. The van der Waals surface area contributed by atoms with Crippen LogP contribution in [0.4, 0.5) is 0 Å². The highest BCUT2D eigenvalue weighted by Crippen LogP contribution is 2.27. The number of nitrogens with zero attached hydrogens (tertiary/aromatic N) is 1. The van der Waals surface area contributed by atoms with Gasteiger partial charge in [-0.1, -0.05) is 44.9 Å². The Hall–Kier alpha value is -1.32. The van der Waals surface area contributed by atoms with E-state index in [4.69, 9.17) is 0 Å². The average molecular weight is 249 g/mol. The minimum atomic E-state index is -0.0751. The fourth-order valence-corrected chi connectivity index (χ4v) is 2.71. The first-order chi connectivity index (χ1) is 8.86. The fourth-order valence-electron chi connectivity index (χ4n) is 2.71. The standard InChI is InChI=1S/C14H23N3O/c18-14(13-10-15-11-17-13)16-9-5-4-8-12-6-2-1-3-7-12/h10-12H,1-9H2,(H,15,17)(H,16,18). The van der Waals surface area contributed by atoms with E-state index in [0.29, 0.717) is 5.69 Å². The first-order valence-electron chi connectivity index (χ1n) is 7.13. The molecule has 2 N–H and O–H groups in total. The van der Waals surface area contributed by atoms with Crippen LogP contribution in [0.1, 0.15) is 61.9 Å². The maximum absolute atomic E-state index is 11.6. The number of H-pyrrole nitrogens is 1. The number of carbonyl (C=O) groups excluding carboxylic acids is 1. The second-order valence-electron chi connectivity index (χ2n) is 5.21. The molecule has 0 spiro atoms. The number of amides is 1. The van der Waals surface area contributed by atoms with E-state index in [9.17, 15) is 4.79 Å². The molecule has 0 aliphatic heterocycles. The summed E-state index contributed by atoms with van der Waals surface area (Å²) in [7, 11) is 0. The molecule has 1 aromatic heterocycles. The van der Waals surface area contributed by atoms with Gasteiger partial charge >= 0.3 is 0 Å². The van der Waals surface area contributed by atoms with E-state index < -0.39 is 0 Å². The van der Waals surface area contributed by atoms with Crippen LogP contribution >= 0.6 is 0 Å². The van der Waals surface area contributed by atoms with Crippen LogP contribution in [0.2, 0.25) is 0 Å². The van der Waals surface area contributed by atoms with Gasteiger partial charge in [0.05, 0.1) is 6.33 Å². The van der Waals surface area contributed by atoms with E-state index in [2.05, 4.69) is 15.3 Å². The van der Waals surface area contributed by atoms with Gasteiger partial charge in [0.25, 0.3) is 5.91 Å². The second-order valence-corrected chi connectivity index (χ2v) is 5.21. The molecule has 0 bridgehead atoms. The van der Waals surface area contributed by atoms with Crippen LogP contribution in [-0.4, -0.2) is 22.4 Å². The Morgan fingerprint density at radius 1 is 1.33 bits per heavy atom. The minimum Gasteiger partial charge on any atom is -0.351 e. The van der Waals surface area contributed by atoms with Crippen molar-refractivity contribution in [2.45, 2.75) is 51.4 Å². The molecule has 4 heteroatoms. The number of carbonyl (C=O) groups is 1. The maximum atomic E-state index is 11.6. The van der Waals surface area contributed by atoms with E-state index in [-0.39, 0.29) is 5.91 Å². The third-order valence-electron chi connectivity index (χ3n) is 3.78. The number of imidazole rings is 1. The molecule has 1 aliphatic carbocycles. The number of hydrogen-bond donors (Lipinski definition) is 2. The summed E-state index contributed by atoms with van der Waals surface area (Å²) in [5.41, 5.74) is 0.474. The first kappa shape index (κ1) is 13.1.